The first kappa shape index (κ1) is 14.9. The molecular formula is C16H24N2O2. The van der Waals surface area contributed by atoms with Gasteiger partial charge in [0, 0.05) is 0 Å². The Balaban J connectivity index is 1.69. The predicted molar refractivity (Wildman–Crippen MR) is 79.7 cm³/mol. The summed E-state index contributed by atoms with van der Waals surface area (Å²) < 4.78 is 5.75. The molecule has 1 amide bonds. The Morgan fingerprint density at radius 1 is 1.35 bits per heavy atom. The molecule has 0 aliphatic carbocycles. The van der Waals surface area contributed by atoms with Crippen LogP contribution >= 0.6 is 0 Å². The first-order valence-corrected chi connectivity index (χ1v) is 7.45. The van der Waals surface area contributed by atoms with Gasteiger partial charge >= 0.3 is 0 Å². The Labute approximate surface area is 120 Å². The number of amides is 1. The number of piperidine rings is 1. The van der Waals surface area contributed by atoms with Crippen LogP contribution in [0.1, 0.15) is 31.2 Å². The Bertz CT molecular complexity index is 428. The molecule has 0 saturated carbocycles. The van der Waals surface area contributed by atoms with Crippen molar-refractivity contribution in [1.29, 1.82) is 0 Å². The molecule has 3 N–H and O–H groups in total. The van der Waals surface area contributed by atoms with Crippen molar-refractivity contribution in [2.75, 3.05) is 19.7 Å². The Kier molecular flexibility index (Phi) is 5.87. The van der Waals surface area contributed by atoms with E-state index in [0.717, 1.165) is 43.3 Å². The van der Waals surface area contributed by atoms with Gasteiger partial charge < -0.3 is 15.8 Å². The molecule has 1 fully saturated rings. The highest BCUT2D eigenvalue weighted by Crippen LogP contribution is 2.19. The van der Waals surface area contributed by atoms with Crippen LogP contribution < -0.4 is 15.8 Å². The lowest BCUT2D eigenvalue weighted by molar-refractivity contribution is -0.117. The van der Waals surface area contributed by atoms with E-state index in [1.807, 2.05) is 24.3 Å². The highest BCUT2D eigenvalue weighted by atomic mass is 16.5. The van der Waals surface area contributed by atoms with Crippen molar-refractivity contribution in [3.8, 4) is 5.75 Å². The topological polar surface area (TPSA) is 64.4 Å². The van der Waals surface area contributed by atoms with Crippen LogP contribution in [-0.4, -0.2) is 25.6 Å². The molecule has 4 nitrogen and oxygen atoms in total. The van der Waals surface area contributed by atoms with Crippen LogP contribution in [0.5, 0.6) is 5.75 Å². The van der Waals surface area contributed by atoms with Gasteiger partial charge in [-0.25, -0.2) is 0 Å². The van der Waals surface area contributed by atoms with Crippen LogP contribution in [0, 0.1) is 5.92 Å². The normalized spacial score (nSPS) is 16.0. The lowest BCUT2D eigenvalue weighted by Gasteiger charge is -2.22. The standard InChI is InChI=1S/C16H24N2O2/c17-16(19)12-14-3-1-5-15(11-14)20-10-2-4-13-6-8-18-9-7-13/h1,3,5,11,13,18H,2,4,6-10,12H2,(H2,17,19). The molecule has 1 aromatic rings. The second-order valence-corrected chi connectivity index (χ2v) is 5.47. The molecule has 4 heteroatoms. The average Bonchev–Trinajstić information content (AvgIpc) is 2.44. The highest BCUT2D eigenvalue weighted by Gasteiger charge is 2.12. The Morgan fingerprint density at radius 2 is 2.15 bits per heavy atom. The van der Waals surface area contributed by atoms with Crippen LogP contribution in [0.25, 0.3) is 0 Å². The third-order valence-electron chi connectivity index (χ3n) is 3.76. The number of nitrogens with two attached hydrogens (primary N) is 1. The fourth-order valence-electron chi connectivity index (χ4n) is 2.68. The van der Waals surface area contributed by atoms with Crippen molar-refractivity contribution in [2.24, 2.45) is 11.7 Å². The number of hydrogen-bond donors (Lipinski definition) is 2. The van der Waals surface area contributed by atoms with E-state index in [0.29, 0.717) is 0 Å². The van der Waals surface area contributed by atoms with Gasteiger partial charge in [0.15, 0.2) is 0 Å². The van der Waals surface area contributed by atoms with Crippen molar-refractivity contribution >= 4 is 5.91 Å². The van der Waals surface area contributed by atoms with Gasteiger partial charge in [0.1, 0.15) is 5.75 Å². The number of carbonyl (C=O) groups is 1. The number of hydrogen-bond acceptors (Lipinski definition) is 3. The van der Waals surface area contributed by atoms with Crippen LogP contribution in [0.15, 0.2) is 24.3 Å². The van der Waals surface area contributed by atoms with E-state index in [1.54, 1.807) is 0 Å². The quantitative estimate of drug-likeness (QED) is 0.747. The summed E-state index contributed by atoms with van der Waals surface area (Å²) in [5, 5.41) is 3.38. The maximum atomic E-state index is 10.9. The minimum absolute atomic E-state index is 0.270. The molecule has 1 aromatic carbocycles. The molecule has 110 valence electrons. The van der Waals surface area contributed by atoms with Gasteiger partial charge in [-0.05, 0) is 62.4 Å². The van der Waals surface area contributed by atoms with Crippen LogP contribution in [-0.2, 0) is 11.2 Å². The third kappa shape index (κ3) is 5.21. The van der Waals surface area contributed by atoms with E-state index in [1.165, 1.54) is 19.3 Å². The molecule has 0 unspecified atom stereocenters. The lowest BCUT2D eigenvalue weighted by atomic mass is 9.93. The van der Waals surface area contributed by atoms with Gasteiger partial charge in [-0.2, -0.15) is 0 Å². The maximum absolute atomic E-state index is 10.9. The second kappa shape index (κ2) is 7.90. The first-order chi connectivity index (χ1) is 9.74. The largest absolute Gasteiger partial charge is 0.494 e. The zero-order chi connectivity index (χ0) is 14.2. The smallest absolute Gasteiger partial charge is 0.221 e. The lowest BCUT2D eigenvalue weighted by Crippen LogP contribution is -2.27. The summed E-state index contributed by atoms with van der Waals surface area (Å²) >= 11 is 0. The molecule has 0 bridgehead atoms. The molecule has 1 aliphatic rings. The summed E-state index contributed by atoms with van der Waals surface area (Å²) in [7, 11) is 0. The van der Waals surface area contributed by atoms with E-state index >= 15 is 0 Å². The first-order valence-electron chi connectivity index (χ1n) is 7.45. The highest BCUT2D eigenvalue weighted by molar-refractivity contribution is 5.76. The number of rotatable bonds is 7. The molecular weight excluding hydrogens is 252 g/mol. The molecule has 0 aromatic heterocycles. The van der Waals surface area contributed by atoms with Crippen LogP contribution in [0.3, 0.4) is 0 Å². The summed E-state index contributed by atoms with van der Waals surface area (Å²) in [5.41, 5.74) is 6.10. The van der Waals surface area contributed by atoms with Gasteiger partial charge in [0.25, 0.3) is 0 Å². The van der Waals surface area contributed by atoms with E-state index in [2.05, 4.69) is 5.32 Å². The Morgan fingerprint density at radius 3 is 2.90 bits per heavy atom. The number of nitrogens with one attached hydrogen (secondary N) is 1. The predicted octanol–water partition coefficient (Wildman–Crippen LogP) is 1.87. The summed E-state index contributed by atoms with van der Waals surface area (Å²) in [4.78, 5) is 10.9. The average molecular weight is 276 g/mol. The van der Waals surface area contributed by atoms with Gasteiger partial charge in [-0.15, -0.1) is 0 Å². The van der Waals surface area contributed by atoms with Gasteiger partial charge in [-0.1, -0.05) is 12.1 Å². The summed E-state index contributed by atoms with van der Waals surface area (Å²) in [6, 6.07) is 7.62. The van der Waals surface area contributed by atoms with Crippen molar-refractivity contribution in [2.45, 2.75) is 32.1 Å². The zero-order valence-electron chi connectivity index (χ0n) is 11.9. The maximum Gasteiger partial charge on any atom is 0.221 e. The third-order valence-corrected chi connectivity index (χ3v) is 3.76. The van der Waals surface area contributed by atoms with Crippen molar-refractivity contribution in [3.05, 3.63) is 29.8 Å². The summed E-state index contributed by atoms with van der Waals surface area (Å²) in [5.74, 6) is 1.36. The van der Waals surface area contributed by atoms with E-state index < -0.39 is 0 Å². The summed E-state index contributed by atoms with van der Waals surface area (Å²) in [6.45, 7) is 3.05. The van der Waals surface area contributed by atoms with E-state index in [4.69, 9.17) is 10.5 Å². The minimum atomic E-state index is -0.312. The van der Waals surface area contributed by atoms with Crippen molar-refractivity contribution < 1.29 is 9.53 Å². The molecule has 1 saturated heterocycles. The number of ether oxygens (including phenoxy) is 1. The summed E-state index contributed by atoms with van der Waals surface area (Å²) in [6.07, 6.45) is 5.17. The fourth-order valence-corrected chi connectivity index (χ4v) is 2.68. The van der Waals surface area contributed by atoms with Gasteiger partial charge in [0.05, 0.1) is 13.0 Å². The SMILES string of the molecule is NC(=O)Cc1cccc(OCCCC2CCNCC2)c1. The number of carbonyl (C=O) groups excluding carboxylic acids is 1. The minimum Gasteiger partial charge on any atom is -0.494 e. The van der Waals surface area contributed by atoms with Gasteiger partial charge in [-0.3, -0.25) is 4.79 Å². The second-order valence-electron chi connectivity index (χ2n) is 5.47. The number of primary amides is 1. The molecule has 1 heterocycles. The van der Waals surface area contributed by atoms with Crippen molar-refractivity contribution in [3.63, 3.8) is 0 Å². The zero-order valence-corrected chi connectivity index (χ0v) is 11.9. The molecule has 20 heavy (non-hydrogen) atoms. The Hall–Kier alpha value is -1.55. The molecule has 1 aliphatic heterocycles. The van der Waals surface area contributed by atoms with E-state index in [9.17, 15) is 4.79 Å². The van der Waals surface area contributed by atoms with Crippen molar-refractivity contribution in [1.82, 2.24) is 5.32 Å². The van der Waals surface area contributed by atoms with Crippen LogP contribution in [0.4, 0.5) is 0 Å². The molecule has 2 rings (SSSR count). The molecule has 0 radical (unpaired) electrons. The van der Waals surface area contributed by atoms with Crippen LogP contribution in [0.2, 0.25) is 0 Å². The number of benzene rings is 1. The molecule has 0 spiro atoms. The monoisotopic (exact) mass is 276 g/mol. The molecule has 0 atom stereocenters. The van der Waals surface area contributed by atoms with Gasteiger partial charge in [0.2, 0.25) is 5.91 Å². The fraction of sp³-hybridized carbons (Fsp3) is 0.562. The van der Waals surface area contributed by atoms with E-state index in [-0.39, 0.29) is 12.3 Å².